The van der Waals surface area contributed by atoms with Crippen molar-refractivity contribution in [3.63, 3.8) is 0 Å². The number of likely N-dealkylation sites (tertiary alicyclic amines) is 1. The topological polar surface area (TPSA) is 23.5 Å². The molecule has 1 unspecified atom stereocenters. The molecule has 1 N–H and O–H groups in total. The van der Waals surface area contributed by atoms with Crippen molar-refractivity contribution in [1.29, 1.82) is 0 Å². The van der Waals surface area contributed by atoms with E-state index in [4.69, 9.17) is 0 Å². The summed E-state index contributed by atoms with van der Waals surface area (Å²) in [7, 11) is 0. The SMILES string of the molecule is CC(c1cc(Br)ccc1O)N1CCCC(C)(C)CC1. The van der Waals surface area contributed by atoms with E-state index >= 15 is 0 Å². The molecule has 3 heteroatoms. The third-order valence-electron chi connectivity index (χ3n) is 4.36. The second-order valence-corrected chi connectivity index (χ2v) is 7.35. The maximum absolute atomic E-state index is 10.1. The lowest BCUT2D eigenvalue weighted by Crippen LogP contribution is -2.28. The van der Waals surface area contributed by atoms with E-state index in [0.29, 0.717) is 11.2 Å². The molecule has 0 amide bonds. The summed E-state index contributed by atoms with van der Waals surface area (Å²) < 4.78 is 1.03. The highest BCUT2D eigenvalue weighted by molar-refractivity contribution is 9.10. The molecule has 19 heavy (non-hydrogen) atoms. The van der Waals surface area contributed by atoms with Crippen LogP contribution in [0.4, 0.5) is 0 Å². The van der Waals surface area contributed by atoms with E-state index in [-0.39, 0.29) is 6.04 Å². The summed E-state index contributed by atoms with van der Waals surface area (Å²) in [5.74, 6) is 0.402. The summed E-state index contributed by atoms with van der Waals surface area (Å²) in [6.07, 6.45) is 3.76. The number of phenols is 1. The number of rotatable bonds is 2. The van der Waals surface area contributed by atoms with Crippen molar-refractivity contribution < 1.29 is 5.11 Å². The van der Waals surface area contributed by atoms with Crippen molar-refractivity contribution in [3.05, 3.63) is 28.2 Å². The van der Waals surface area contributed by atoms with Gasteiger partial charge in [-0.25, -0.2) is 0 Å². The Bertz CT molecular complexity index is 444. The Balaban J connectivity index is 2.15. The Kier molecular flexibility index (Phi) is 4.57. The summed E-state index contributed by atoms with van der Waals surface area (Å²) in [5.41, 5.74) is 1.47. The van der Waals surface area contributed by atoms with Crippen LogP contribution in [-0.4, -0.2) is 23.1 Å². The average Bonchev–Trinajstić information content (AvgIpc) is 2.52. The normalized spacial score (nSPS) is 21.9. The lowest BCUT2D eigenvalue weighted by Gasteiger charge is -2.29. The summed E-state index contributed by atoms with van der Waals surface area (Å²) >= 11 is 3.49. The van der Waals surface area contributed by atoms with Crippen LogP contribution >= 0.6 is 15.9 Å². The van der Waals surface area contributed by atoms with Gasteiger partial charge in [0.25, 0.3) is 0 Å². The highest BCUT2D eigenvalue weighted by atomic mass is 79.9. The highest BCUT2D eigenvalue weighted by Gasteiger charge is 2.26. The summed E-state index contributed by atoms with van der Waals surface area (Å²) in [6, 6.07) is 5.97. The second-order valence-electron chi connectivity index (χ2n) is 6.43. The van der Waals surface area contributed by atoms with Gasteiger partial charge in [-0.2, -0.15) is 0 Å². The van der Waals surface area contributed by atoms with Crippen molar-refractivity contribution in [2.24, 2.45) is 5.41 Å². The van der Waals surface area contributed by atoms with Gasteiger partial charge in [-0.15, -0.1) is 0 Å². The van der Waals surface area contributed by atoms with Gasteiger partial charge in [0.1, 0.15) is 5.75 Å². The maximum atomic E-state index is 10.1. The molecule has 1 atom stereocenters. The molecule has 1 heterocycles. The van der Waals surface area contributed by atoms with E-state index in [1.165, 1.54) is 19.3 Å². The molecule has 0 bridgehead atoms. The van der Waals surface area contributed by atoms with Crippen LogP contribution in [0.1, 0.15) is 51.6 Å². The number of phenolic OH excluding ortho intramolecular Hbond substituents is 1. The molecule has 0 radical (unpaired) electrons. The second kappa shape index (κ2) is 5.84. The lowest BCUT2D eigenvalue weighted by atomic mass is 9.85. The lowest BCUT2D eigenvalue weighted by molar-refractivity contribution is 0.205. The quantitative estimate of drug-likeness (QED) is 0.849. The maximum Gasteiger partial charge on any atom is 0.120 e. The third kappa shape index (κ3) is 3.73. The first-order chi connectivity index (χ1) is 8.89. The average molecular weight is 326 g/mol. The Morgan fingerprint density at radius 2 is 2.00 bits per heavy atom. The number of aromatic hydroxyl groups is 1. The fourth-order valence-corrected chi connectivity index (χ4v) is 3.27. The zero-order chi connectivity index (χ0) is 14.0. The molecular formula is C16H24BrNO. The summed E-state index contributed by atoms with van der Waals surface area (Å²) in [5, 5.41) is 10.1. The molecule has 1 aromatic carbocycles. The van der Waals surface area contributed by atoms with Gasteiger partial charge in [0.15, 0.2) is 0 Å². The van der Waals surface area contributed by atoms with Crippen LogP contribution in [0.2, 0.25) is 0 Å². The van der Waals surface area contributed by atoms with Gasteiger partial charge in [0.05, 0.1) is 0 Å². The zero-order valence-electron chi connectivity index (χ0n) is 12.1. The van der Waals surface area contributed by atoms with Gasteiger partial charge >= 0.3 is 0 Å². The fourth-order valence-electron chi connectivity index (χ4n) is 2.89. The zero-order valence-corrected chi connectivity index (χ0v) is 13.7. The van der Waals surface area contributed by atoms with E-state index in [9.17, 15) is 5.11 Å². The predicted octanol–water partition coefficient (Wildman–Crippen LogP) is 4.73. The van der Waals surface area contributed by atoms with E-state index in [2.05, 4.69) is 41.6 Å². The molecule has 1 aromatic rings. The minimum Gasteiger partial charge on any atom is -0.508 e. The first-order valence-electron chi connectivity index (χ1n) is 7.11. The molecule has 2 nitrogen and oxygen atoms in total. The van der Waals surface area contributed by atoms with Gasteiger partial charge in [-0.05, 0) is 62.9 Å². The van der Waals surface area contributed by atoms with Crippen molar-refractivity contribution in [3.8, 4) is 5.75 Å². The Hall–Kier alpha value is -0.540. The largest absolute Gasteiger partial charge is 0.508 e. The first kappa shape index (κ1) is 14.9. The standard InChI is InChI=1S/C16H24BrNO/c1-12(14-11-13(17)5-6-15(14)19)18-9-4-7-16(2,3)8-10-18/h5-6,11-12,19H,4,7-10H2,1-3H3. The first-order valence-corrected chi connectivity index (χ1v) is 7.91. The van der Waals surface area contributed by atoms with Gasteiger partial charge in [0, 0.05) is 16.1 Å². The predicted molar refractivity (Wildman–Crippen MR) is 83.4 cm³/mol. The molecule has 2 rings (SSSR count). The van der Waals surface area contributed by atoms with Crippen molar-refractivity contribution in [2.75, 3.05) is 13.1 Å². The Labute approximate surface area is 124 Å². The van der Waals surface area contributed by atoms with Crippen LogP contribution in [0.25, 0.3) is 0 Å². The number of hydrogen-bond donors (Lipinski definition) is 1. The van der Waals surface area contributed by atoms with E-state index in [1.54, 1.807) is 6.07 Å². The van der Waals surface area contributed by atoms with Crippen LogP contribution in [0.3, 0.4) is 0 Å². The van der Waals surface area contributed by atoms with Crippen LogP contribution in [0.5, 0.6) is 5.75 Å². The molecule has 106 valence electrons. The van der Waals surface area contributed by atoms with Crippen molar-refractivity contribution >= 4 is 15.9 Å². The van der Waals surface area contributed by atoms with Gasteiger partial charge in [-0.3, -0.25) is 4.90 Å². The molecular weight excluding hydrogens is 302 g/mol. The summed E-state index contributed by atoms with van der Waals surface area (Å²) in [4.78, 5) is 2.50. The fraction of sp³-hybridized carbons (Fsp3) is 0.625. The Morgan fingerprint density at radius 3 is 2.74 bits per heavy atom. The van der Waals surface area contributed by atoms with Crippen LogP contribution in [0, 0.1) is 5.41 Å². The van der Waals surface area contributed by atoms with Crippen LogP contribution in [-0.2, 0) is 0 Å². The van der Waals surface area contributed by atoms with Crippen molar-refractivity contribution in [1.82, 2.24) is 4.90 Å². The Morgan fingerprint density at radius 1 is 1.26 bits per heavy atom. The molecule has 0 spiro atoms. The van der Waals surface area contributed by atoms with Crippen LogP contribution in [0.15, 0.2) is 22.7 Å². The minimum absolute atomic E-state index is 0.270. The molecule has 0 saturated carbocycles. The number of benzene rings is 1. The van der Waals surface area contributed by atoms with Crippen LogP contribution < -0.4 is 0 Å². The molecule has 1 aliphatic rings. The van der Waals surface area contributed by atoms with Crippen molar-refractivity contribution in [2.45, 2.75) is 46.1 Å². The smallest absolute Gasteiger partial charge is 0.120 e. The minimum atomic E-state index is 0.270. The highest BCUT2D eigenvalue weighted by Crippen LogP contribution is 2.35. The molecule has 1 aliphatic heterocycles. The number of hydrogen-bond acceptors (Lipinski definition) is 2. The van der Waals surface area contributed by atoms with E-state index in [0.717, 1.165) is 23.1 Å². The molecule has 0 aromatic heterocycles. The molecule has 1 saturated heterocycles. The van der Waals surface area contributed by atoms with E-state index < -0.39 is 0 Å². The van der Waals surface area contributed by atoms with E-state index in [1.807, 2.05) is 12.1 Å². The van der Waals surface area contributed by atoms with Gasteiger partial charge in [-0.1, -0.05) is 29.8 Å². The third-order valence-corrected chi connectivity index (χ3v) is 4.86. The monoisotopic (exact) mass is 325 g/mol. The van der Waals surface area contributed by atoms with Gasteiger partial charge < -0.3 is 5.11 Å². The number of nitrogens with zero attached hydrogens (tertiary/aromatic N) is 1. The number of halogens is 1. The molecule has 0 aliphatic carbocycles. The molecule has 1 fully saturated rings. The van der Waals surface area contributed by atoms with Gasteiger partial charge in [0.2, 0.25) is 0 Å². The summed E-state index contributed by atoms with van der Waals surface area (Å²) in [6.45, 7) is 9.14.